The number of rotatable bonds is 3. The van der Waals surface area contributed by atoms with Gasteiger partial charge in [0.25, 0.3) is 0 Å². The van der Waals surface area contributed by atoms with Gasteiger partial charge < -0.3 is 4.74 Å². The van der Waals surface area contributed by atoms with Crippen LogP contribution in [0, 0.1) is 21.4 Å². The second-order valence-electron chi connectivity index (χ2n) is 1.33. The van der Waals surface area contributed by atoms with E-state index in [0.29, 0.717) is 6.61 Å². The minimum absolute atomic E-state index is 0.318. The Morgan fingerprint density at radius 1 is 2.00 bits per heavy atom. The number of ether oxygens (including phenoxy) is 1. The topological polar surface area (TPSA) is 76.2 Å². The fraction of sp³-hybridized carbons (Fsp3) is 0.400. The summed E-state index contributed by atoms with van der Waals surface area (Å²) in [6, 6.07) is 1.37. The highest BCUT2D eigenvalue weighted by Gasteiger charge is 2.07. The summed E-state index contributed by atoms with van der Waals surface area (Å²) in [5.74, 6) is 0. The highest BCUT2D eigenvalue weighted by atomic mass is 16.6. The highest BCUT2D eigenvalue weighted by molar-refractivity contribution is 5.08. The fourth-order valence-corrected chi connectivity index (χ4v) is 0.272. The van der Waals surface area contributed by atoms with Crippen LogP contribution in [-0.4, -0.2) is 11.5 Å². The molecule has 0 N–H and O–H groups in total. The van der Waals surface area contributed by atoms with Crippen LogP contribution in [0.4, 0.5) is 0 Å². The molecule has 0 heterocycles. The zero-order valence-electron chi connectivity index (χ0n) is 5.40. The molecule has 0 bridgehead atoms. The van der Waals surface area contributed by atoms with Crippen molar-refractivity contribution in [2.45, 2.75) is 6.92 Å². The average Bonchev–Trinajstić information content (AvgIpc) is 1.89. The molecule has 0 atom stereocenters. The molecule has 0 aromatic rings. The molecule has 54 valence electrons. The van der Waals surface area contributed by atoms with Crippen molar-refractivity contribution in [2.75, 3.05) is 6.61 Å². The molecule has 0 aliphatic rings. The Morgan fingerprint density at radius 2 is 2.60 bits per heavy atom. The molecule has 0 saturated carbocycles. The van der Waals surface area contributed by atoms with Crippen molar-refractivity contribution in [2.24, 2.45) is 0 Å². The summed E-state index contributed by atoms with van der Waals surface area (Å²) in [6.45, 7) is 1.99. The van der Waals surface area contributed by atoms with Gasteiger partial charge in [0.15, 0.2) is 12.3 Å². The van der Waals surface area contributed by atoms with Crippen molar-refractivity contribution < 1.29 is 9.66 Å². The first-order valence-corrected chi connectivity index (χ1v) is 2.58. The van der Waals surface area contributed by atoms with Gasteiger partial charge in [0, 0.05) is 0 Å². The molecule has 10 heavy (non-hydrogen) atoms. The molecule has 0 aromatic heterocycles. The van der Waals surface area contributed by atoms with E-state index < -0.39 is 10.6 Å². The third-order valence-electron chi connectivity index (χ3n) is 0.673. The maximum atomic E-state index is 9.87. The number of allylic oxidation sites excluding steroid dienone is 1. The molecule has 0 spiro atoms. The van der Waals surface area contributed by atoms with Crippen LogP contribution in [0.15, 0.2) is 12.0 Å². The SMILES string of the molecule is CCO/C=C(/C#N)[N+](=O)[O-]. The molecule has 0 fully saturated rings. The van der Waals surface area contributed by atoms with E-state index in [9.17, 15) is 10.1 Å². The molecular weight excluding hydrogens is 136 g/mol. The molecule has 0 aliphatic carbocycles. The molecule has 5 nitrogen and oxygen atoms in total. The van der Waals surface area contributed by atoms with Crippen LogP contribution >= 0.6 is 0 Å². The third-order valence-corrected chi connectivity index (χ3v) is 0.673. The van der Waals surface area contributed by atoms with Gasteiger partial charge in [-0.1, -0.05) is 0 Å². The summed E-state index contributed by atoms with van der Waals surface area (Å²) in [4.78, 5) is 9.08. The van der Waals surface area contributed by atoms with Crippen molar-refractivity contribution in [3.05, 3.63) is 22.1 Å². The lowest BCUT2D eigenvalue weighted by molar-refractivity contribution is -0.419. The molecule has 5 heteroatoms. The maximum absolute atomic E-state index is 9.87. The highest BCUT2D eigenvalue weighted by Crippen LogP contribution is 1.92. The monoisotopic (exact) mass is 142 g/mol. The summed E-state index contributed by atoms with van der Waals surface area (Å²) in [7, 11) is 0. The normalized spacial score (nSPS) is 10.2. The Labute approximate surface area is 57.7 Å². The van der Waals surface area contributed by atoms with E-state index in [-0.39, 0.29) is 0 Å². The van der Waals surface area contributed by atoms with E-state index in [1.165, 1.54) is 6.07 Å². The van der Waals surface area contributed by atoms with Crippen LogP contribution in [0.5, 0.6) is 0 Å². The molecule has 0 aliphatic heterocycles. The Bertz CT molecular complexity index is 192. The summed E-state index contributed by atoms with van der Waals surface area (Å²) < 4.78 is 4.52. The first-order valence-electron chi connectivity index (χ1n) is 2.58. The zero-order chi connectivity index (χ0) is 7.98. The van der Waals surface area contributed by atoms with Crippen molar-refractivity contribution in [3.63, 3.8) is 0 Å². The molecule has 0 aromatic carbocycles. The smallest absolute Gasteiger partial charge is 0.379 e. The van der Waals surface area contributed by atoms with Gasteiger partial charge in [0.2, 0.25) is 0 Å². The van der Waals surface area contributed by atoms with E-state index in [1.807, 2.05) is 0 Å². The average molecular weight is 142 g/mol. The summed E-state index contributed by atoms with van der Waals surface area (Å²) in [6.07, 6.45) is 0.833. The van der Waals surface area contributed by atoms with Gasteiger partial charge in [0.05, 0.1) is 11.5 Å². The predicted molar refractivity (Wildman–Crippen MR) is 32.3 cm³/mol. The summed E-state index contributed by atoms with van der Waals surface area (Å²) in [5.41, 5.74) is -0.582. The van der Waals surface area contributed by atoms with Crippen molar-refractivity contribution >= 4 is 0 Å². The van der Waals surface area contributed by atoms with Gasteiger partial charge in [-0.15, -0.1) is 0 Å². The number of nitro groups is 1. The minimum atomic E-state index is -0.796. The number of hydrogen-bond donors (Lipinski definition) is 0. The predicted octanol–water partition coefficient (Wildman–Crippen LogP) is 0.665. The van der Waals surface area contributed by atoms with Gasteiger partial charge >= 0.3 is 5.70 Å². The molecule has 0 rings (SSSR count). The third kappa shape index (κ3) is 2.67. The van der Waals surface area contributed by atoms with Crippen LogP contribution in [0.2, 0.25) is 0 Å². The van der Waals surface area contributed by atoms with Gasteiger partial charge in [-0.2, -0.15) is 5.26 Å². The Morgan fingerprint density at radius 3 is 2.90 bits per heavy atom. The maximum Gasteiger partial charge on any atom is 0.379 e. The molecule has 0 saturated heterocycles. The Hall–Kier alpha value is -1.57. The second-order valence-corrected chi connectivity index (χ2v) is 1.33. The van der Waals surface area contributed by atoms with Crippen molar-refractivity contribution in [1.29, 1.82) is 5.26 Å². The first-order chi connectivity index (χ1) is 4.72. The number of hydrogen-bond acceptors (Lipinski definition) is 4. The van der Waals surface area contributed by atoms with Crippen LogP contribution < -0.4 is 0 Å². The molecule has 0 unspecified atom stereocenters. The first kappa shape index (κ1) is 8.43. The van der Waals surface area contributed by atoms with Gasteiger partial charge in [0.1, 0.15) is 0 Å². The van der Waals surface area contributed by atoms with Gasteiger partial charge in [-0.05, 0) is 6.92 Å². The van der Waals surface area contributed by atoms with Crippen LogP contribution in [0.25, 0.3) is 0 Å². The zero-order valence-corrected chi connectivity index (χ0v) is 5.40. The van der Waals surface area contributed by atoms with E-state index in [2.05, 4.69) is 4.74 Å². The second kappa shape index (κ2) is 4.32. The molecule has 0 radical (unpaired) electrons. The molecule has 0 amide bonds. The van der Waals surface area contributed by atoms with Gasteiger partial charge in [-0.25, -0.2) is 0 Å². The van der Waals surface area contributed by atoms with E-state index in [0.717, 1.165) is 6.26 Å². The van der Waals surface area contributed by atoms with E-state index >= 15 is 0 Å². The van der Waals surface area contributed by atoms with Crippen LogP contribution in [-0.2, 0) is 4.74 Å². The standard InChI is InChI=1S/C5H6N2O3/c1-2-10-4-5(3-6)7(8)9/h4H,2H2,1H3/b5-4-. The number of nitriles is 1. The van der Waals surface area contributed by atoms with Crippen molar-refractivity contribution in [3.8, 4) is 6.07 Å². The van der Waals surface area contributed by atoms with E-state index in [1.54, 1.807) is 6.92 Å². The fourth-order valence-electron chi connectivity index (χ4n) is 0.272. The minimum Gasteiger partial charge on any atom is -0.493 e. The lowest BCUT2D eigenvalue weighted by Crippen LogP contribution is -1.96. The van der Waals surface area contributed by atoms with Gasteiger partial charge in [-0.3, -0.25) is 10.1 Å². The largest absolute Gasteiger partial charge is 0.493 e. The Kier molecular flexibility index (Phi) is 3.64. The summed E-state index contributed by atoms with van der Waals surface area (Å²) in [5, 5.41) is 18.0. The van der Waals surface area contributed by atoms with Crippen molar-refractivity contribution in [1.82, 2.24) is 0 Å². The number of nitrogens with zero attached hydrogens (tertiary/aromatic N) is 2. The van der Waals surface area contributed by atoms with Crippen LogP contribution in [0.1, 0.15) is 6.92 Å². The molecular formula is C5H6N2O3. The lowest BCUT2D eigenvalue weighted by atomic mass is 10.6. The lowest BCUT2D eigenvalue weighted by Gasteiger charge is -1.89. The quantitative estimate of drug-likeness (QED) is 0.251. The Balaban J connectivity index is 4.09. The summed E-state index contributed by atoms with van der Waals surface area (Å²) >= 11 is 0. The van der Waals surface area contributed by atoms with Crippen LogP contribution in [0.3, 0.4) is 0 Å². The van der Waals surface area contributed by atoms with E-state index in [4.69, 9.17) is 5.26 Å².